The van der Waals surface area contributed by atoms with E-state index in [1.54, 1.807) is 22.0 Å². The van der Waals surface area contributed by atoms with E-state index in [2.05, 4.69) is 16.3 Å². The van der Waals surface area contributed by atoms with Crippen molar-refractivity contribution in [3.05, 3.63) is 57.2 Å². The van der Waals surface area contributed by atoms with Gasteiger partial charge in [-0.25, -0.2) is 4.79 Å². The lowest BCUT2D eigenvalue weighted by Crippen LogP contribution is -2.34. The Bertz CT molecular complexity index is 912. The summed E-state index contributed by atoms with van der Waals surface area (Å²) in [6.45, 7) is 1.03. The number of amides is 1. The molecule has 0 spiro atoms. The van der Waals surface area contributed by atoms with E-state index in [1.807, 2.05) is 43.7 Å². The predicted octanol–water partition coefficient (Wildman–Crippen LogP) is 2.86. The summed E-state index contributed by atoms with van der Waals surface area (Å²) in [6.07, 6.45) is 0.956. The first-order valence-electron chi connectivity index (χ1n) is 8.61. The van der Waals surface area contributed by atoms with Crippen LogP contribution in [-0.2, 0) is 11.3 Å². The molecule has 1 aromatic carbocycles. The van der Waals surface area contributed by atoms with Gasteiger partial charge in [-0.15, -0.1) is 11.3 Å². The van der Waals surface area contributed by atoms with Crippen LogP contribution in [0, 0.1) is 0 Å². The Labute approximate surface area is 156 Å². The second-order valence-corrected chi connectivity index (χ2v) is 7.37. The van der Waals surface area contributed by atoms with E-state index in [1.165, 1.54) is 4.88 Å². The van der Waals surface area contributed by atoms with Crippen LogP contribution >= 0.6 is 11.3 Å². The van der Waals surface area contributed by atoms with Crippen LogP contribution in [-0.4, -0.2) is 36.0 Å². The van der Waals surface area contributed by atoms with E-state index in [9.17, 15) is 9.59 Å². The maximum atomic E-state index is 12.2. The van der Waals surface area contributed by atoms with Gasteiger partial charge in [-0.3, -0.25) is 9.36 Å². The molecule has 7 heteroatoms. The normalized spacial score (nSPS) is 12.6. The fourth-order valence-corrected chi connectivity index (χ4v) is 3.86. The average molecular weight is 373 g/mol. The second kappa shape index (κ2) is 8.33. The SMILES string of the molecule is CN(C)[C@@H](CNC(=O)CCCn1c(=O)oc2ccccc21)c1cccs1. The molecule has 138 valence electrons. The quantitative estimate of drug-likeness (QED) is 0.659. The number of oxazole rings is 1. The van der Waals surface area contributed by atoms with Crippen LogP contribution in [0.25, 0.3) is 11.1 Å². The Kier molecular flexibility index (Phi) is 5.90. The van der Waals surface area contributed by atoms with E-state index < -0.39 is 0 Å². The van der Waals surface area contributed by atoms with Crippen molar-refractivity contribution in [2.75, 3.05) is 20.6 Å². The highest BCUT2D eigenvalue weighted by atomic mass is 32.1. The number of benzene rings is 1. The van der Waals surface area contributed by atoms with Crippen molar-refractivity contribution in [1.82, 2.24) is 14.8 Å². The van der Waals surface area contributed by atoms with Crippen molar-refractivity contribution in [1.29, 1.82) is 0 Å². The molecule has 0 unspecified atom stereocenters. The number of carbonyl (C=O) groups is 1. The van der Waals surface area contributed by atoms with Crippen LogP contribution in [0.1, 0.15) is 23.8 Å². The van der Waals surface area contributed by atoms with Gasteiger partial charge in [0.05, 0.1) is 11.6 Å². The number of aromatic nitrogens is 1. The van der Waals surface area contributed by atoms with Gasteiger partial charge in [0.25, 0.3) is 0 Å². The number of nitrogens with zero attached hydrogens (tertiary/aromatic N) is 2. The molecule has 26 heavy (non-hydrogen) atoms. The number of nitrogens with one attached hydrogen (secondary N) is 1. The molecule has 0 saturated carbocycles. The van der Waals surface area contributed by atoms with Crippen LogP contribution < -0.4 is 11.1 Å². The summed E-state index contributed by atoms with van der Waals surface area (Å²) in [7, 11) is 4.01. The average Bonchev–Trinajstić information content (AvgIpc) is 3.23. The molecule has 6 nitrogen and oxygen atoms in total. The first kappa shape index (κ1) is 18.4. The zero-order valence-corrected chi connectivity index (χ0v) is 15.8. The van der Waals surface area contributed by atoms with E-state index >= 15 is 0 Å². The van der Waals surface area contributed by atoms with E-state index in [-0.39, 0.29) is 17.7 Å². The maximum absolute atomic E-state index is 12.2. The highest BCUT2D eigenvalue weighted by molar-refractivity contribution is 7.10. The lowest BCUT2D eigenvalue weighted by Gasteiger charge is -2.23. The van der Waals surface area contributed by atoms with E-state index in [0.29, 0.717) is 31.5 Å². The molecule has 0 fully saturated rings. The Morgan fingerprint density at radius 3 is 2.81 bits per heavy atom. The molecule has 0 aliphatic rings. The number of aryl methyl sites for hydroxylation is 1. The number of hydrogen-bond donors (Lipinski definition) is 1. The highest BCUT2D eigenvalue weighted by Crippen LogP contribution is 2.22. The van der Waals surface area contributed by atoms with Crippen molar-refractivity contribution in [2.45, 2.75) is 25.4 Å². The third kappa shape index (κ3) is 4.23. The standard InChI is InChI=1S/C19H23N3O3S/c1-21(2)15(17-9-6-12-26-17)13-20-18(23)10-5-11-22-14-7-3-4-8-16(14)25-19(22)24/h3-4,6-9,12,15H,5,10-11,13H2,1-2H3,(H,20,23)/t15-/m0/s1. The molecule has 0 aliphatic carbocycles. The van der Waals surface area contributed by atoms with Crippen LogP contribution in [0.2, 0.25) is 0 Å². The number of para-hydroxylation sites is 2. The summed E-state index contributed by atoms with van der Waals surface area (Å²) in [6, 6.07) is 11.6. The summed E-state index contributed by atoms with van der Waals surface area (Å²) in [5, 5.41) is 5.04. The third-order valence-corrected chi connectivity index (χ3v) is 5.32. The number of carbonyl (C=O) groups excluding carboxylic acids is 1. The third-order valence-electron chi connectivity index (χ3n) is 4.35. The van der Waals surface area contributed by atoms with Gasteiger partial charge in [0.2, 0.25) is 5.91 Å². The van der Waals surface area contributed by atoms with Crippen LogP contribution in [0.15, 0.2) is 51.0 Å². The monoisotopic (exact) mass is 373 g/mol. The summed E-state index contributed by atoms with van der Waals surface area (Å²) >= 11 is 1.69. The fourth-order valence-electron chi connectivity index (χ4n) is 2.94. The zero-order valence-electron chi connectivity index (χ0n) is 15.0. The lowest BCUT2D eigenvalue weighted by molar-refractivity contribution is -0.121. The van der Waals surface area contributed by atoms with Gasteiger partial charge in [0, 0.05) is 24.4 Å². The molecular formula is C19H23N3O3S. The minimum atomic E-state index is -0.378. The molecule has 0 saturated heterocycles. The number of rotatable bonds is 8. The Balaban J connectivity index is 1.51. The van der Waals surface area contributed by atoms with Gasteiger partial charge in [-0.05, 0) is 44.1 Å². The number of thiophene rings is 1. The topological polar surface area (TPSA) is 67.5 Å². The Morgan fingerprint density at radius 1 is 1.27 bits per heavy atom. The molecule has 3 aromatic rings. The van der Waals surface area contributed by atoms with Crippen molar-refractivity contribution < 1.29 is 9.21 Å². The Hall–Kier alpha value is -2.38. The minimum absolute atomic E-state index is 0.00532. The van der Waals surface area contributed by atoms with Crippen molar-refractivity contribution >= 4 is 28.3 Å². The number of likely N-dealkylation sites (N-methyl/N-ethyl adjacent to an activating group) is 1. The summed E-state index contributed by atoms with van der Waals surface area (Å²) in [5.74, 6) is -0.383. The van der Waals surface area contributed by atoms with Gasteiger partial charge < -0.3 is 14.6 Å². The van der Waals surface area contributed by atoms with Crippen molar-refractivity contribution in [3.63, 3.8) is 0 Å². The molecule has 3 rings (SSSR count). The molecule has 1 atom stereocenters. The predicted molar refractivity (Wildman–Crippen MR) is 103 cm³/mol. The van der Waals surface area contributed by atoms with E-state index in [4.69, 9.17) is 4.42 Å². The summed E-state index contributed by atoms with van der Waals surface area (Å²) < 4.78 is 6.79. The maximum Gasteiger partial charge on any atom is 0.419 e. The first-order chi connectivity index (χ1) is 12.6. The molecule has 2 aromatic heterocycles. The summed E-state index contributed by atoms with van der Waals surface area (Å²) in [5.41, 5.74) is 1.34. The number of hydrogen-bond acceptors (Lipinski definition) is 5. The Morgan fingerprint density at radius 2 is 2.08 bits per heavy atom. The first-order valence-corrected chi connectivity index (χ1v) is 9.49. The summed E-state index contributed by atoms with van der Waals surface area (Å²) in [4.78, 5) is 27.4. The van der Waals surface area contributed by atoms with Gasteiger partial charge in [0.1, 0.15) is 0 Å². The minimum Gasteiger partial charge on any atom is -0.408 e. The van der Waals surface area contributed by atoms with E-state index in [0.717, 1.165) is 5.52 Å². The second-order valence-electron chi connectivity index (χ2n) is 6.39. The van der Waals surface area contributed by atoms with Crippen molar-refractivity contribution in [3.8, 4) is 0 Å². The number of fused-ring (bicyclic) bond motifs is 1. The molecule has 0 bridgehead atoms. The van der Waals surface area contributed by atoms with Gasteiger partial charge >= 0.3 is 5.76 Å². The fraction of sp³-hybridized carbons (Fsp3) is 0.368. The van der Waals surface area contributed by atoms with Gasteiger partial charge in [0.15, 0.2) is 5.58 Å². The molecule has 1 N–H and O–H groups in total. The highest BCUT2D eigenvalue weighted by Gasteiger charge is 2.16. The molecule has 0 aliphatic heterocycles. The molecular weight excluding hydrogens is 350 g/mol. The lowest BCUT2D eigenvalue weighted by atomic mass is 10.2. The van der Waals surface area contributed by atoms with Gasteiger partial charge in [-0.1, -0.05) is 18.2 Å². The van der Waals surface area contributed by atoms with Crippen molar-refractivity contribution in [2.24, 2.45) is 0 Å². The molecule has 1 amide bonds. The molecule has 0 radical (unpaired) electrons. The van der Waals surface area contributed by atoms with Crippen LogP contribution in [0.3, 0.4) is 0 Å². The molecule has 2 heterocycles. The van der Waals surface area contributed by atoms with Gasteiger partial charge in [-0.2, -0.15) is 0 Å². The smallest absolute Gasteiger partial charge is 0.408 e. The van der Waals surface area contributed by atoms with Crippen LogP contribution in [0.4, 0.5) is 0 Å². The largest absolute Gasteiger partial charge is 0.419 e. The zero-order chi connectivity index (χ0) is 18.5. The van der Waals surface area contributed by atoms with Crippen LogP contribution in [0.5, 0.6) is 0 Å².